The Balaban J connectivity index is 1.53. The molecular weight excluding hydrogens is 435 g/mol. The number of anilines is 1. The minimum Gasteiger partial charge on any atom is -0.507 e. The molecule has 0 aliphatic rings. The lowest BCUT2D eigenvalue weighted by Crippen LogP contribution is -2.42. The first kappa shape index (κ1) is 21.2. The Hall–Kier alpha value is -3.50. The van der Waals surface area contributed by atoms with Crippen LogP contribution in [0.3, 0.4) is 0 Å². The van der Waals surface area contributed by atoms with Crippen LogP contribution < -0.4 is 16.2 Å². The lowest BCUT2D eigenvalue weighted by molar-refractivity contribution is -0.121. The van der Waals surface area contributed by atoms with Gasteiger partial charge in [-0.1, -0.05) is 23.7 Å². The highest BCUT2D eigenvalue weighted by Gasteiger charge is 2.15. The van der Waals surface area contributed by atoms with Crippen LogP contribution in [0.15, 0.2) is 47.8 Å². The number of aromatic nitrogens is 1. The van der Waals surface area contributed by atoms with E-state index >= 15 is 0 Å². The second-order valence-corrected chi connectivity index (χ2v) is 7.21. The summed E-state index contributed by atoms with van der Waals surface area (Å²) in [4.78, 5) is 40.2. The van der Waals surface area contributed by atoms with Crippen LogP contribution in [0.25, 0.3) is 0 Å². The van der Waals surface area contributed by atoms with E-state index in [0.717, 1.165) is 11.3 Å². The number of phenolic OH excluding ortho intramolecular Hbond substituents is 1. The second-order valence-electron chi connectivity index (χ2n) is 5.92. The van der Waals surface area contributed by atoms with Gasteiger partial charge in [-0.15, -0.1) is 11.3 Å². The summed E-state index contributed by atoms with van der Waals surface area (Å²) >= 11 is 6.85. The Bertz CT molecular complexity index is 1120. The van der Waals surface area contributed by atoms with Crippen molar-refractivity contribution in [2.45, 2.75) is 6.42 Å². The molecule has 0 saturated carbocycles. The highest BCUT2D eigenvalue weighted by Crippen LogP contribution is 2.21. The van der Waals surface area contributed by atoms with Crippen molar-refractivity contribution in [3.05, 3.63) is 75.5 Å². The van der Waals surface area contributed by atoms with Gasteiger partial charge in [0, 0.05) is 10.4 Å². The molecule has 0 atom stereocenters. The Labute approximate surface area is 178 Å². The molecule has 0 bridgehead atoms. The van der Waals surface area contributed by atoms with Crippen LogP contribution in [0.5, 0.6) is 5.75 Å². The van der Waals surface area contributed by atoms with Crippen molar-refractivity contribution in [3.63, 3.8) is 0 Å². The number of hydrogen-bond acceptors (Lipinski definition) is 6. The van der Waals surface area contributed by atoms with Gasteiger partial charge in [0.05, 0.1) is 23.2 Å². The van der Waals surface area contributed by atoms with Crippen molar-refractivity contribution in [1.82, 2.24) is 15.8 Å². The van der Waals surface area contributed by atoms with E-state index in [4.69, 9.17) is 11.6 Å². The average molecular weight is 449 g/mol. The van der Waals surface area contributed by atoms with E-state index in [0.29, 0.717) is 5.69 Å². The van der Waals surface area contributed by atoms with Crippen molar-refractivity contribution < 1.29 is 23.9 Å². The number of amides is 3. The number of hydrogen-bond donors (Lipinski definition) is 4. The van der Waals surface area contributed by atoms with E-state index in [2.05, 4.69) is 21.2 Å². The van der Waals surface area contributed by atoms with Gasteiger partial charge in [-0.05, 0) is 30.3 Å². The molecule has 3 rings (SSSR count). The number of benzene rings is 2. The Morgan fingerprint density at radius 3 is 2.60 bits per heavy atom. The molecule has 0 radical (unpaired) electrons. The van der Waals surface area contributed by atoms with Crippen LogP contribution in [0, 0.1) is 5.82 Å². The third-order valence-corrected chi connectivity index (χ3v) is 4.79. The molecule has 0 fully saturated rings. The van der Waals surface area contributed by atoms with E-state index in [9.17, 15) is 23.9 Å². The minimum atomic E-state index is -0.750. The van der Waals surface area contributed by atoms with E-state index in [-0.39, 0.29) is 33.5 Å². The molecule has 1 aromatic heterocycles. The van der Waals surface area contributed by atoms with E-state index < -0.39 is 23.5 Å². The Morgan fingerprint density at radius 1 is 1.07 bits per heavy atom. The molecule has 11 heteroatoms. The molecule has 2 aromatic carbocycles. The Kier molecular flexibility index (Phi) is 6.60. The molecule has 154 valence electrons. The predicted octanol–water partition coefficient (Wildman–Crippen LogP) is 2.90. The first-order valence-electron chi connectivity index (χ1n) is 8.41. The average Bonchev–Trinajstić information content (AvgIpc) is 3.14. The highest BCUT2D eigenvalue weighted by molar-refractivity contribution is 7.14. The highest BCUT2D eigenvalue weighted by atomic mass is 35.5. The fourth-order valence-electron chi connectivity index (χ4n) is 2.35. The third kappa shape index (κ3) is 5.31. The van der Waals surface area contributed by atoms with Gasteiger partial charge >= 0.3 is 0 Å². The smallest absolute Gasteiger partial charge is 0.273 e. The summed E-state index contributed by atoms with van der Waals surface area (Å²) in [6, 6.07) is 9.44. The summed E-state index contributed by atoms with van der Waals surface area (Å²) in [5.74, 6) is -2.94. The molecule has 8 nitrogen and oxygen atoms in total. The molecule has 30 heavy (non-hydrogen) atoms. The number of halogens is 2. The van der Waals surface area contributed by atoms with Crippen LogP contribution in [0.4, 0.5) is 9.52 Å². The lowest BCUT2D eigenvalue weighted by atomic mass is 10.2. The summed E-state index contributed by atoms with van der Waals surface area (Å²) in [6.45, 7) is 0. The maximum atomic E-state index is 13.7. The number of thiazole rings is 1. The monoisotopic (exact) mass is 448 g/mol. The van der Waals surface area contributed by atoms with Crippen molar-refractivity contribution >= 4 is 45.8 Å². The van der Waals surface area contributed by atoms with Gasteiger partial charge in [-0.2, -0.15) is 0 Å². The van der Waals surface area contributed by atoms with Crippen LogP contribution in [-0.2, 0) is 11.2 Å². The van der Waals surface area contributed by atoms with Crippen molar-refractivity contribution in [2.75, 3.05) is 5.32 Å². The van der Waals surface area contributed by atoms with Crippen LogP contribution >= 0.6 is 22.9 Å². The fourth-order valence-corrected chi connectivity index (χ4v) is 3.23. The normalized spacial score (nSPS) is 10.3. The Morgan fingerprint density at radius 2 is 1.83 bits per heavy atom. The maximum absolute atomic E-state index is 13.7. The molecule has 0 unspecified atom stereocenters. The topological polar surface area (TPSA) is 120 Å². The predicted molar refractivity (Wildman–Crippen MR) is 109 cm³/mol. The standard InChI is InChI=1S/C19H14ClFN4O4S/c20-10-5-6-15(26)13(7-10)18(29)25-24-16(27)8-11-9-30-19(22-11)23-17(28)12-3-1-2-4-14(12)21/h1-7,9,26H,8H2,(H,24,27)(H,25,29)(H,22,23,28). The number of rotatable bonds is 5. The number of phenols is 1. The molecule has 0 aliphatic carbocycles. The molecule has 0 spiro atoms. The molecule has 3 amide bonds. The van der Waals surface area contributed by atoms with Crippen molar-refractivity contribution in [1.29, 1.82) is 0 Å². The number of nitrogens with zero attached hydrogens (tertiary/aromatic N) is 1. The summed E-state index contributed by atoms with van der Waals surface area (Å²) < 4.78 is 13.7. The van der Waals surface area contributed by atoms with E-state index in [1.54, 1.807) is 5.38 Å². The van der Waals surface area contributed by atoms with Gasteiger partial charge in [0.25, 0.3) is 11.8 Å². The van der Waals surface area contributed by atoms with Gasteiger partial charge in [0.15, 0.2) is 5.13 Å². The van der Waals surface area contributed by atoms with E-state index in [1.165, 1.54) is 42.5 Å². The fraction of sp³-hybridized carbons (Fsp3) is 0.0526. The maximum Gasteiger partial charge on any atom is 0.273 e. The molecule has 3 aromatic rings. The van der Waals surface area contributed by atoms with Gasteiger partial charge < -0.3 is 5.11 Å². The summed E-state index contributed by atoms with van der Waals surface area (Å²) in [5.41, 5.74) is 4.46. The van der Waals surface area contributed by atoms with Gasteiger partial charge in [0.1, 0.15) is 11.6 Å². The zero-order valence-electron chi connectivity index (χ0n) is 15.1. The van der Waals surface area contributed by atoms with Crippen LogP contribution in [0.1, 0.15) is 26.4 Å². The number of carbonyl (C=O) groups is 3. The molecule has 4 N–H and O–H groups in total. The van der Waals surface area contributed by atoms with Gasteiger partial charge in [-0.25, -0.2) is 9.37 Å². The van der Waals surface area contributed by atoms with Gasteiger partial charge in [0.2, 0.25) is 5.91 Å². The SMILES string of the molecule is O=C(Cc1csc(NC(=O)c2ccccc2F)n1)NNC(=O)c1cc(Cl)ccc1O. The quantitative estimate of drug-likeness (QED) is 0.447. The number of carbonyl (C=O) groups excluding carboxylic acids is 3. The lowest BCUT2D eigenvalue weighted by Gasteiger charge is -2.08. The van der Waals surface area contributed by atoms with Crippen molar-refractivity contribution in [2.24, 2.45) is 0 Å². The summed E-state index contributed by atoms with van der Waals surface area (Å²) in [6.07, 6.45) is -0.187. The molecular formula is C19H14ClFN4O4S. The number of nitrogens with one attached hydrogen (secondary N) is 3. The minimum absolute atomic E-state index is 0.102. The molecule has 0 saturated heterocycles. The van der Waals surface area contributed by atoms with Gasteiger partial charge in [-0.3, -0.25) is 30.6 Å². The number of hydrazine groups is 1. The second kappa shape index (κ2) is 9.33. The first-order chi connectivity index (χ1) is 14.3. The van der Waals surface area contributed by atoms with E-state index in [1.807, 2.05) is 0 Å². The van der Waals surface area contributed by atoms with Crippen LogP contribution in [-0.4, -0.2) is 27.8 Å². The largest absolute Gasteiger partial charge is 0.507 e. The molecule has 1 heterocycles. The van der Waals surface area contributed by atoms with Crippen LogP contribution in [0.2, 0.25) is 5.02 Å². The first-order valence-corrected chi connectivity index (χ1v) is 9.67. The zero-order valence-corrected chi connectivity index (χ0v) is 16.7. The number of aromatic hydroxyl groups is 1. The van der Waals surface area contributed by atoms with Crippen molar-refractivity contribution in [3.8, 4) is 5.75 Å². The summed E-state index contributed by atoms with van der Waals surface area (Å²) in [7, 11) is 0. The summed E-state index contributed by atoms with van der Waals surface area (Å²) in [5, 5.41) is 14.1. The molecule has 0 aliphatic heterocycles. The third-order valence-electron chi connectivity index (χ3n) is 3.75. The zero-order chi connectivity index (χ0) is 21.7.